The first-order valence-electron chi connectivity index (χ1n) is 9.20. The molecule has 2 unspecified atom stereocenters. The predicted molar refractivity (Wildman–Crippen MR) is 88.9 cm³/mol. The van der Waals surface area contributed by atoms with Gasteiger partial charge < -0.3 is 5.32 Å². The van der Waals surface area contributed by atoms with Crippen LogP contribution in [-0.4, -0.2) is 12.6 Å². The van der Waals surface area contributed by atoms with Gasteiger partial charge in [-0.05, 0) is 55.4 Å². The van der Waals surface area contributed by atoms with Crippen molar-refractivity contribution in [1.29, 1.82) is 0 Å². The first-order chi connectivity index (χ1) is 9.46. The van der Waals surface area contributed by atoms with E-state index in [1.54, 1.807) is 0 Å². The van der Waals surface area contributed by atoms with Crippen LogP contribution in [0.5, 0.6) is 0 Å². The zero-order valence-corrected chi connectivity index (χ0v) is 14.4. The second kappa shape index (κ2) is 7.29. The Morgan fingerprint density at radius 3 is 2.35 bits per heavy atom. The van der Waals surface area contributed by atoms with E-state index in [2.05, 4.69) is 33.0 Å². The van der Waals surface area contributed by atoms with Crippen LogP contribution in [0.15, 0.2) is 0 Å². The molecule has 1 N–H and O–H groups in total. The fourth-order valence-corrected chi connectivity index (χ4v) is 4.57. The largest absolute Gasteiger partial charge is 0.314 e. The van der Waals surface area contributed by atoms with E-state index in [0.29, 0.717) is 11.5 Å². The van der Waals surface area contributed by atoms with Crippen LogP contribution in [0.3, 0.4) is 0 Å². The van der Waals surface area contributed by atoms with Gasteiger partial charge in [-0.1, -0.05) is 59.8 Å². The molecule has 0 aromatic heterocycles. The third-order valence-corrected chi connectivity index (χ3v) is 5.82. The van der Waals surface area contributed by atoms with E-state index in [-0.39, 0.29) is 0 Å². The first-order valence-corrected chi connectivity index (χ1v) is 9.20. The molecule has 2 atom stereocenters. The quantitative estimate of drug-likeness (QED) is 0.710. The Morgan fingerprint density at radius 1 is 1.00 bits per heavy atom. The molecule has 0 saturated heterocycles. The molecule has 2 saturated carbocycles. The minimum Gasteiger partial charge on any atom is -0.314 e. The van der Waals surface area contributed by atoms with Gasteiger partial charge in [-0.25, -0.2) is 0 Å². The van der Waals surface area contributed by atoms with Gasteiger partial charge in [0.1, 0.15) is 0 Å². The van der Waals surface area contributed by atoms with Gasteiger partial charge in [0, 0.05) is 6.04 Å². The van der Waals surface area contributed by atoms with Crippen LogP contribution in [0.4, 0.5) is 0 Å². The molecular formula is C19H37N. The van der Waals surface area contributed by atoms with Gasteiger partial charge in [-0.3, -0.25) is 0 Å². The van der Waals surface area contributed by atoms with Crippen LogP contribution < -0.4 is 5.32 Å². The summed E-state index contributed by atoms with van der Waals surface area (Å²) in [6, 6.07) is 0.639. The van der Waals surface area contributed by atoms with Crippen LogP contribution in [0.25, 0.3) is 0 Å². The molecule has 2 rings (SSSR count). The molecule has 0 aliphatic heterocycles. The molecule has 0 aromatic carbocycles. The van der Waals surface area contributed by atoms with Gasteiger partial charge in [-0.15, -0.1) is 0 Å². The molecule has 0 radical (unpaired) electrons. The molecular weight excluding hydrogens is 242 g/mol. The fourth-order valence-electron chi connectivity index (χ4n) is 4.57. The van der Waals surface area contributed by atoms with E-state index in [0.717, 1.165) is 17.8 Å². The van der Waals surface area contributed by atoms with Gasteiger partial charge in [0.05, 0.1) is 0 Å². The minimum atomic E-state index is 0.591. The summed E-state index contributed by atoms with van der Waals surface area (Å²) >= 11 is 0. The Hall–Kier alpha value is -0.0400. The van der Waals surface area contributed by atoms with E-state index >= 15 is 0 Å². The molecule has 0 heterocycles. The lowest BCUT2D eigenvalue weighted by Gasteiger charge is -2.43. The zero-order valence-electron chi connectivity index (χ0n) is 14.4. The van der Waals surface area contributed by atoms with Crippen LogP contribution in [-0.2, 0) is 0 Å². The summed E-state index contributed by atoms with van der Waals surface area (Å²) in [7, 11) is 0. The maximum Gasteiger partial charge on any atom is 0.00104 e. The third kappa shape index (κ3) is 5.06. The van der Waals surface area contributed by atoms with Gasteiger partial charge in [0.15, 0.2) is 0 Å². The SMILES string of the molecule is CC(C)NCC1CCC(C)(C)CC1CC1CCCCC1. The summed E-state index contributed by atoms with van der Waals surface area (Å²) in [5.41, 5.74) is 0.591. The first kappa shape index (κ1) is 16.3. The summed E-state index contributed by atoms with van der Waals surface area (Å²) in [6.45, 7) is 10.8. The van der Waals surface area contributed by atoms with E-state index in [1.165, 1.54) is 64.3 Å². The second-order valence-corrected chi connectivity index (χ2v) is 8.73. The lowest BCUT2D eigenvalue weighted by atomic mass is 9.64. The molecule has 0 amide bonds. The molecule has 0 spiro atoms. The van der Waals surface area contributed by atoms with Crippen LogP contribution >= 0.6 is 0 Å². The zero-order chi connectivity index (χ0) is 14.6. The normalized spacial score (nSPS) is 31.6. The van der Waals surface area contributed by atoms with Crippen molar-refractivity contribution in [3.8, 4) is 0 Å². The number of hydrogen-bond acceptors (Lipinski definition) is 1. The fraction of sp³-hybridized carbons (Fsp3) is 1.00. The summed E-state index contributed by atoms with van der Waals surface area (Å²) in [6.07, 6.45) is 13.4. The molecule has 2 aliphatic carbocycles. The molecule has 2 fully saturated rings. The van der Waals surface area contributed by atoms with Crippen molar-refractivity contribution in [2.45, 2.75) is 91.5 Å². The minimum absolute atomic E-state index is 0.591. The van der Waals surface area contributed by atoms with Crippen molar-refractivity contribution in [3.63, 3.8) is 0 Å². The Labute approximate surface area is 127 Å². The summed E-state index contributed by atoms with van der Waals surface area (Å²) in [5, 5.41) is 3.71. The van der Waals surface area contributed by atoms with Gasteiger partial charge in [0.2, 0.25) is 0 Å². The predicted octanol–water partition coefficient (Wildman–Crippen LogP) is 5.40. The highest BCUT2D eigenvalue weighted by Crippen LogP contribution is 2.45. The maximum atomic E-state index is 3.71. The topological polar surface area (TPSA) is 12.0 Å². The number of nitrogens with one attached hydrogen (secondary N) is 1. The Bertz CT molecular complexity index is 273. The average Bonchev–Trinajstić information content (AvgIpc) is 2.38. The monoisotopic (exact) mass is 279 g/mol. The van der Waals surface area contributed by atoms with Crippen molar-refractivity contribution >= 4 is 0 Å². The smallest absolute Gasteiger partial charge is 0.00104 e. The average molecular weight is 280 g/mol. The third-order valence-electron chi connectivity index (χ3n) is 5.82. The van der Waals surface area contributed by atoms with Crippen LogP contribution in [0.1, 0.15) is 85.5 Å². The van der Waals surface area contributed by atoms with Crippen molar-refractivity contribution in [2.24, 2.45) is 23.2 Å². The summed E-state index contributed by atoms with van der Waals surface area (Å²) < 4.78 is 0. The van der Waals surface area contributed by atoms with Gasteiger partial charge >= 0.3 is 0 Å². The van der Waals surface area contributed by atoms with E-state index < -0.39 is 0 Å². The van der Waals surface area contributed by atoms with Crippen molar-refractivity contribution in [2.75, 3.05) is 6.54 Å². The van der Waals surface area contributed by atoms with Gasteiger partial charge in [-0.2, -0.15) is 0 Å². The number of rotatable bonds is 5. The van der Waals surface area contributed by atoms with E-state index in [4.69, 9.17) is 0 Å². The highest BCUT2D eigenvalue weighted by atomic mass is 14.9. The highest BCUT2D eigenvalue weighted by molar-refractivity contribution is 4.87. The Morgan fingerprint density at radius 2 is 1.70 bits per heavy atom. The van der Waals surface area contributed by atoms with Crippen molar-refractivity contribution < 1.29 is 0 Å². The van der Waals surface area contributed by atoms with Crippen molar-refractivity contribution in [3.05, 3.63) is 0 Å². The second-order valence-electron chi connectivity index (χ2n) is 8.73. The van der Waals surface area contributed by atoms with Crippen LogP contribution in [0.2, 0.25) is 0 Å². The van der Waals surface area contributed by atoms with E-state index in [1.807, 2.05) is 0 Å². The lowest BCUT2D eigenvalue weighted by molar-refractivity contribution is 0.0895. The van der Waals surface area contributed by atoms with Crippen molar-refractivity contribution in [1.82, 2.24) is 5.32 Å². The highest BCUT2D eigenvalue weighted by Gasteiger charge is 2.35. The molecule has 1 heteroatoms. The Kier molecular flexibility index (Phi) is 5.95. The number of hydrogen-bond donors (Lipinski definition) is 1. The van der Waals surface area contributed by atoms with Gasteiger partial charge in [0.25, 0.3) is 0 Å². The van der Waals surface area contributed by atoms with E-state index in [9.17, 15) is 0 Å². The summed E-state index contributed by atoms with van der Waals surface area (Å²) in [4.78, 5) is 0. The Balaban J connectivity index is 1.90. The standard InChI is InChI=1S/C19H37N/c1-15(2)20-14-17-10-11-19(3,4)13-18(17)12-16-8-6-5-7-9-16/h15-18,20H,5-14H2,1-4H3. The molecule has 20 heavy (non-hydrogen) atoms. The molecule has 0 aromatic rings. The van der Waals surface area contributed by atoms with Crippen LogP contribution in [0, 0.1) is 23.2 Å². The molecule has 0 bridgehead atoms. The maximum absolute atomic E-state index is 3.71. The lowest BCUT2D eigenvalue weighted by Crippen LogP contribution is -2.38. The molecule has 1 nitrogen and oxygen atoms in total. The molecule has 118 valence electrons. The molecule has 2 aliphatic rings. The summed E-state index contributed by atoms with van der Waals surface area (Å²) in [5.74, 6) is 2.96.